The van der Waals surface area contributed by atoms with E-state index in [-0.39, 0.29) is 12.2 Å². The van der Waals surface area contributed by atoms with E-state index < -0.39 is 6.10 Å². The summed E-state index contributed by atoms with van der Waals surface area (Å²) in [5.41, 5.74) is 0.901. The first kappa shape index (κ1) is 13.4. The normalized spacial score (nSPS) is 25.1. The lowest BCUT2D eigenvalue weighted by molar-refractivity contribution is -0.0297. The van der Waals surface area contributed by atoms with Crippen LogP contribution >= 0.6 is 0 Å². The van der Waals surface area contributed by atoms with Gasteiger partial charge in [0.05, 0.1) is 18.8 Å². The second kappa shape index (κ2) is 6.21. The maximum absolute atomic E-state index is 10.2. The molecule has 0 aliphatic carbocycles. The Morgan fingerprint density at radius 3 is 2.61 bits per heavy atom. The van der Waals surface area contributed by atoms with E-state index in [4.69, 9.17) is 9.47 Å². The summed E-state index contributed by atoms with van der Waals surface area (Å²) in [5.74, 6) is 0.855. The summed E-state index contributed by atoms with van der Waals surface area (Å²) in [7, 11) is 0. The van der Waals surface area contributed by atoms with Crippen LogP contribution in [0.3, 0.4) is 0 Å². The van der Waals surface area contributed by atoms with Crippen molar-refractivity contribution >= 4 is 0 Å². The third-order valence-corrected chi connectivity index (χ3v) is 3.31. The average Bonchev–Trinajstić information content (AvgIpc) is 2.83. The summed E-state index contributed by atoms with van der Waals surface area (Å²) < 4.78 is 11.2. The Labute approximate surface area is 109 Å². The van der Waals surface area contributed by atoms with Crippen LogP contribution in [0, 0.1) is 0 Å². The molecule has 3 heteroatoms. The molecule has 0 bridgehead atoms. The lowest BCUT2D eigenvalue weighted by Crippen LogP contribution is -2.18. The Balaban J connectivity index is 1.96. The van der Waals surface area contributed by atoms with E-state index in [9.17, 15) is 5.11 Å². The molecule has 1 aromatic carbocycles. The van der Waals surface area contributed by atoms with Crippen LogP contribution in [-0.2, 0) is 4.74 Å². The molecular formula is C15H22O3. The van der Waals surface area contributed by atoms with E-state index in [2.05, 4.69) is 13.8 Å². The van der Waals surface area contributed by atoms with Gasteiger partial charge >= 0.3 is 0 Å². The lowest BCUT2D eigenvalue weighted by Gasteiger charge is -2.19. The molecule has 3 unspecified atom stereocenters. The van der Waals surface area contributed by atoms with Gasteiger partial charge in [-0.05, 0) is 43.9 Å². The van der Waals surface area contributed by atoms with Crippen molar-refractivity contribution in [3.8, 4) is 5.75 Å². The van der Waals surface area contributed by atoms with Crippen LogP contribution in [0.4, 0.5) is 0 Å². The van der Waals surface area contributed by atoms with Crippen molar-refractivity contribution in [1.29, 1.82) is 0 Å². The second-order valence-corrected chi connectivity index (χ2v) is 4.92. The molecule has 1 aliphatic rings. The standard InChI is InChI=1S/C15H22O3/c1-3-10-17-13-7-5-12(6-8-13)15(16)14-9-4-11(2)18-14/h5-8,11,14-16H,3-4,9-10H2,1-2H3. The summed E-state index contributed by atoms with van der Waals surface area (Å²) in [5, 5.41) is 10.2. The second-order valence-electron chi connectivity index (χ2n) is 4.92. The van der Waals surface area contributed by atoms with Crippen molar-refractivity contribution in [1.82, 2.24) is 0 Å². The van der Waals surface area contributed by atoms with Gasteiger partial charge in [0.2, 0.25) is 0 Å². The molecule has 0 aromatic heterocycles. The third-order valence-electron chi connectivity index (χ3n) is 3.31. The highest BCUT2D eigenvalue weighted by atomic mass is 16.5. The molecule has 0 radical (unpaired) electrons. The number of aliphatic hydroxyl groups is 1. The van der Waals surface area contributed by atoms with Crippen LogP contribution in [0.5, 0.6) is 5.75 Å². The maximum atomic E-state index is 10.2. The smallest absolute Gasteiger partial charge is 0.119 e. The first-order valence-corrected chi connectivity index (χ1v) is 6.77. The van der Waals surface area contributed by atoms with E-state index in [0.717, 1.165) is 37.2 Å². The van der Waals surface area contributed by atoms with Gasteiger partial charge in [-0.1, -0.05) is 19.1 Å². The first-order valence-electron chi connectivity index (χ1n) is 6.77. The molecule has 18 heavy (non-hydrogen) atoms. The summed E-state index contributed by atoms with van der Waals surface area (Å²) in [6, 6.07) is 7.66. The van der Waals surface area contributed by atoms with Gasteiger partial charge in [0.15, 0.2) is 0 Å². The maximum Gasteiger partial charge on any atom is 0.119 e. The SMILES string of the molecule is CCCOc1ccc(C(O)C2CCC(C)O2)cc1. The van der Waals surface area contributed by atoms with E-state index in [1.54, 1.807) is 0 Å². The molecule has 3 nitrogen and oxygen atoms in total. The molecule has 0 spiro atoms. The Morgan fingerprint density at radius 2 is 2.06 bits per heavy atom. The van der Waals surface area contributed by atoms with Crippen LogP contribution in [0.1, 0.15) is 44.8 Å². The number of hydrogen-bond donors (Lipinski definition) is 1. The minimum Gasteiger partial charge on any atom is -0.494 e. The number of aliphatic hydroxyl groups excluding tert-OH is 1. The molecule has 1 N–H and O–H groups in total. The van der Waals surface area contributed by atoms with Crippen LogP contribution in [0.2, 0.25) is 0 Å². The van der Waals surface area contributed by atoms with Gasteiger partial charge in [0, 0.05) is 0 Å². The summed E-state index contributed by atoms with van der Waals surface area (Å²) >= 11 is 0. The highest BCUT2D eigenvalue weighted by molar-refractivity contribution is 5.29. The van der Waals surface area contributed by atoms with Gasteiger partial charge in [-0.3, -0.25) is 0 Å². The van der Waals surface area contributed by atoms with Gasteiger partial charge in [-0.15, -0.1) is 0 Å². The van der Waals surface area contributed by atoms with Crippen molar-refractivity contribution in [2.24, 2.45) is 0 Å². The zero-order valence-corrected chi connectivity index (χ0v) is 11.1. The quantitative estimate of drug-likeness (QED) is 0.872. The summed E-state index contributed by atoms with van der Waals surface area (Å²) in [6.45, 7) is 4.86. The van der Waals surface area contributed by atoms with Crippen LogP contribution < -0.4 is 4.74 Å². The predicted octanol–water partition coefficient (Wildman–Crippen LogP) is 3.08. The van der Waals surface area contributed by atoms with Crippen molar-refractivity contribution in [3.05, 3.63) is 29.8 Å². The molecule has 1 heterocycles. The molecule has 100 valence electrons. The van der Waals surface area contributed by atoms with Gasteiger partial charge < -0.3 is 14.6 Å². The number of rotatable bonds is 5. The van der Waals surface area contributed by atoms with E-state index >= 15 is 0 Å². The fraction of sp³-hybridized carbons (Fsp3) is 0.600. The predicted molar refractivity (Wildman–Crippen MR) is 70.8 cm³/mol. The van der Waals surface area contributed by atoms with Crippen molar-refractivity contribution < 1.29 is 14.6 Å². The summed E-state index contributed by atoms with van der Waals surface area (Å²) in [6.07, 6.45) is 2.61. The van der Waals surface area contributed by atoms with Crippen LogP contribution in [0.25, 0.3) is 0 Å². The Morgan fingerprint density at radius 1 is 1.33 bits per heavy atom. The topological polar surface area (TPSA) is 38.7 Å². The zero-order chi connectivity index (χ0) is 13.0. The van der Waals surface area contributed by atoms with Gasteiger partial charge in [-0.2, -0.15) is 0 Å². The van der Waals surface area contributed by atoms with Crippen molar-refractivity contribution in [2.45, 2.75) is 51.4 Å². The van der Waals surface area contributed by atoms with E-state index in [0.29, 0.717) is 0 Å². The Kier molecular flexibility index (Phi) is 4.61. The highest BCUT2D eigenvalue weighted by Crippen LogP contribution is 2.30. The molecule has 2 rings (SSSR count). The van der Waals surface area contributed by atoms with Crippen molar-refractivity contribution in [2.75, 3.05) is 6.61 Å². The highest BCUT2D eigenvalue weighted by Gasteiger charge is 2.29. The van der Waals surface area contributed by atoms with Crippen LogP contribution in [0.15, 0.2) is 24.3 Å². The number of benzene rings is 1. The van der Waals surface area contributed by atoms with Crippen LogP contribution in [-0.4, -0.2) is 23.9 Å². The fourth-order valence-electron chi connectivity index (χ4n) is 2.26. The molecule has 0 amide bonds. The van der Waals surface area contributed by atoms with Crippen molar-refractivity contribution in [3.63, 3.8) is 0 Å². The Hall–Kier alpha value is -1.06. The third kappa shape index (κ3) is 3.24. The Bertz CT molecular complexity index is 361. The number of hydrogen-bond acceptors (Lipinski definition) is 3. The van der Waals surface area contributed by atoms with Gasteiger partial charge in [0.25, 0.3) is 0 Å². The molecule has 3 atom stereocenters. The molecule has 0 saturated carbocycles. The largest absolute Gasteiger partial charge is 0.494 e. The molecule has 1 aliphatic heterocycles. The lowest BCUT2D eigenvalue weighted by atomic mass is 10.0. The monoisotopic (exact) mass is 250 g/mol. The minimum atomic E-state index is -0.532. The fourth-order valence-corrected chi connectivity index (χ4v) is 2.26. The first-order chi connectivity index (χ1) is 8.70. The minimum absolute atomic E-state index is 0.0672. The molecule has 1 fully saturated rings. The summed E-state index contributed by atoms with van der Waals surface area (Å²) in [4.78, 5) is 0. The molecule has 1 saturated heterocycles. The number of ether oxygens (including phenoxy) is 2. The van der Waals surface area contributed by atoms with E-state index in [1.807, 2.05) is 24.3 Å². The zero-order valence-electron chi connectivity index (χ0n) is 11.1. The average molecular weight is 250 g/mol. The molecular weight excluding hydrogens is 228 g/mol. The van der Waals surface area contributed by atoms with Gasteiger partial charge in [-0.25, -0.2) is 0 Å². The van der Waals surface area contributed by atoms with Gasteiger partial charge in [0.1, 0.15) is 11.9 Å². The van der Waals surface area contributed by atoms with E-state index in [1.165, 1.54) is 0 Å². The molecule has 1 aromatic rings.